The van der Waals surface area contributed by atoms with Crippen molar-refractivity contribution in [2.45, 2.75) is 40.0 Å². The number of hydrogen-bond acceptors (Lipinski definition) is 2. The Labute approximate surface area is 119 Å². The number of hydrogen-bond donors (Lipinski definition) is 2. The summed E-state index contributed by atoms with van der Waals surface area (Å²) in [6, 6.07) is 8.00. The van der Waals surface area contributed by atoms with Crippen molar-refractivity contribution in [3.63, 3.8) is 0 Å². The molecule has 0 radical (unpaired) electrons. The van der Waals surface area contributed by atoms with E-state index in [0.717, 1.165) is 5.56 Å². The lowest BCUT2D eigenvalue weighted by atomic mass is 9.72. The van der Waals surface area contributed by atoms with Crippen LogP contribution in [0.2, 0.25) is 0 Å². The summed E-state index contributed by atoms with van der Waals surface area (Å²) in [5, 5.41) is 18.6. The fraction of sp³-hybridized carbons (Fsp3) is 0.500. The summed E-state index contributed by atoms with van der Waals surface area (Å²) in [4.78, 5) is 22.8. The van der Waals surface area contributed by atoms with E-state index in [2.05, 4.69) is 0 Å². The van der Waals surface area contributed by atoms with Crippen LogP contribution in [-0.4, -0.2) is 22.2 Å². The molecule has 0 amide bonds. The van der Waals surface area contributed by atoms with Crippen molar-refractivity contribution >= 4 is 11.9 Å². The van der Waals surface area contributed by atoms with Crippen molar-refractivity contribution in [2.75, 3.05) is 0 Å². The maximum absolute atomic E-state index is 11.4. The van der Waals surface area contributed by atoms with Gasteiger partial charge in [0.15, 0.2) is 5.41 Å². The lowest BCUT2D eigenvalue weighted by molar-refractivity contribution is -0.169. The van der Waals surface area contributed by atoms with Crippen molar-refractivity contribution < 1.29 is 19.8 Å². The molecular weight excluding hydrogens is 256 g/mol. The zero-order chi connectivity index (χ0) is 15.3. The monoisotopic (exact) mass is 278 g/mol. The zero-order valence-electron chi connectivity index (χ0n) is 12.2. The highest BCUT2D eigenvalue weighted by Crippen LogP contribution is 2.35. The Bertz CT molecular complexity index is 462. The van der Waals surface area contributed by atoms with Gasteiger partial charge in [-0.1, -0.05) is 43.7 Å². The molecule has 2 N–H and O–H groups in total. The van der Waals surface area contributed by atoms with Crippen LogP contribution >= 0.6 is 0 Å². The van der Waals surface area contributed by atoms with Gasteiger partial charge in [-0.2, -0.15) is 0 Å². The molecule has 20 heavy (non-hydrogen) atoms. The highest BCUT2D eigenvalue weighted by molar-refractivity contribution is 5.98. The van der Waals surface area contributed by atoms with Gasteiger partial charge in [-0.15, -0.1) is 0 Å². The van der Waals surface area contributed by atoms with Crippen LogP contribution in [0.25, 0.3) is 0 Å². The summed E-state index contributed by atoms with van der Waals surface area (Å²) in [6.07, 6.45) is 1.31. The Balaban J connectivity index is 2.82. The van der Waals surface area contributed by atoms with E-state index in [0.29, 0.717) is 12.8 Å². The van der Waals surface area contributed by atoms with Crippen molar-refractivity contribution in [2.24, 2.45) is 11.3 Å². The van der Waals surface area contributed by atoms with E-state index in [1.54, 1.807) is 13.8 Å². The normalized spacial score (nSPS) is 12.9. The summed E-state index contributed by atoms with van der Waals surface area (Å²) in [6.45, 7) is 5.33. The Morgan fingerprint density at radius 2 is 1.65 bits per heavy atom. The first-order valence-corrected chi connectivity index (χ1v) is 6.87. The summed E-state index contributed by atoms with van der Waals surface area (Å²) in [7, 11) is 0. The van der Waals surface area contributed by atoms with E-state index in [4.69, 9.17) is 0 Å². The van der Waals surface area contributed by atoms with E-state index in [9.17, 15) is 19.8 Å². The van der Waals surface area contributed by atoms with Gasteiger partial charge >= 0.3 is 11.9 Å². The third kappa shape index (κ3) is 3.18. The van der Waals surface area contributed by atoms with Crippen LogP contribution in [0.5, 0.6) is 0 Å². The molecule has 0 aliphatic carbocycles. The molecule has 1 aromatic rings. The molecule has 0 fully saturated rings. The Morgan fingerprint density at radius 3 is 2.05 bits per heavy atom. The van der Waals surface area contributed by atoms with Gasteiger partial charge in [-0.05, 0) is 37.7 Å². The first kappa shape index (κ1) is 16.2. The quantitative estimate of drug-likeness (QED) is 0.751. The highest BCUT2D eigenvalue weighted by Gasteiger charge is 2.49. The third-order valence-corrected chi connectivity index (χ3v) is 4.15. The van der Waals surface area contributed by atoms with E-state index in [-0.39, 0.29) is 6.42 Å². The number of carboxylic acid groups (broad SMARTS) is 2. The lowest BCUT2D eigenvalue weighted by Gasteiger charge is -2.30. The van der Waals surface area contributed by atoms with Gasteiger partial charge in [-0.3, -0.25) is 9.59 Å². The Morgan fingerprint density at radius 1 is 1.15 bits per heavy atom. The summed E-state index contributed by atoms with van der Waals surface area (Å²) in [5.74, 6) is -2.92. The van der Waals surface area contributed by atoms with Gasteiger partial charge in [0.05, 0.1) is 0 Å². The smallest absolute Gasteiger partial charge is 0.321 e. The minimum absolute atomic E-state index is 0.0900. The Kier molecular flexibility index (Phi) is 5.31. The molecule has 0 spiro atoms. The standard InChI is InChI=1S/C16H22O4/c1-4-16(14(17)18,15(19)20)12(3)7-10-13-8-5-11(2)6-9-13/h5-6,8-9,12H,4,7,10H2,1-3H3,(H,17,18)(H,19,20). The molecule has 0 aliphatic heterocycles. The van der Waals surface area contributed by atoms with Gasteiger partial charge in [-0.25, -0.2) is 0 Å². The zero-order valence-corrected chi connectivity index (χ0v) is 12.2. The van der Waals surface area contributed by atoms with Crippen LogP contribution in [0.15, 0.2) is 24.3 Å². The molecule has 110 valence electrons. The predicted octanol–water partition coefficient (Wildman–Crippen LogP) is 3.13. The average Bonchev–Trinajstić information content (AvgIpc) is 2.38. The predicted molar refractivity (Wildman–Crippen MR) is 76.7 cm³/mol. The van der Waals surface area contributed by atoms with E-state index in [1.165, 1.54) is 5.56 Å². The van der Waals surface area contributed by atoms with E-state index < -0.39 is 23.3 Å². The largest absolute Gasteiger partial charge is 0.480 e. The second-order valence-electron chi connectivity index (χ2n) is 5.36. The van der Waals surface area contributed by atoms with Gasteiger partial charge < -0.3 is 10.2 Å². The fourth-order valence-electron chi connectivity index (χ4n) is 2.55. The molecule has 4 nitrogen and oxygen atoms in total. The van der Waals surface area contributed by atoms with Crippen LogP contribution in [-0.2, 0) is 16.0 Å². The average molecular weight is 278 g/mol. The fourth-order valence-corrected chi connectivity index (χ4v) is 2.55. The minimum atomic E-state index is -1.69. The maximum Gasteiger partial charge on any atom is 0.321 e. The van der Waals surface area contributed by atoms with Gasteiger partial charge in [0.1, 0.15) is 0 Å². The second kappa shape index (κ2) is 6.55. The molecule has 0 bridgehead atoms. The summed E-state index contributed by atoms with van der Waals surface area (Å²) < 4.78 is 0. The summed E-state index contributed by atoms with van der Waals surface area (Å²) >= 11 is 0. The van der Waals surface area contributed by atoms with Crippen LogP contribution in [0.3, 0.4) is 0 Å². The van der Waals surface area contributed by atoms with Crippen LogP contribution in [0, 0.1) is 18.3 Å². The topological polar surface area (TPSA) is 74.6 Å². The number of aliphatic carboxylic acids is 2. The molecule has 0 aromatic heterocycles. The lowest BCUT2D eigenvalue weighted by Crippen LogP contribution is -2.44. The van der Waals surface area contributed by atoms with Crippen LogP contribution in [0.4, 0.5) is 0 Å². The summed E-state index contributed by atoms with van der Waals surface area (Å²) in [5.41, 5.74) is 0.578. The Hall–Kier alpha value is -1.84. The molecule has 1 atom stereocenters. The van der Waals surface area contributed by atoms with Crippen LogP contribution < -0.4 is 0 Å². The number of rotatable bonds is 7. The van der Waals surface area contributed by atoms with Gasteiger partial charge in [0.2, 0.25) is 0 Å². The SMILES string of the molecule is CCC(C(=O)O)(C(=O)O)C(C)CCc1ccc(C)cc1. The van der Waals surface area contributed by atoms with Crippen molar-refractivity contribution in [1.82, 2.24) is 0 Å². The molecule has 1 aromatic carbocycles. The molecule has 0 saturated carbocycles. The van der Waals surface area contributed by atoms with Gasteiger partial charge in [0, 0.05) is 0 Å². The van der Waals surface area contributed by atoms with Gasteiger partial charge in [0.25, 0.3) is 0 Å². The third-order valence-electron chi connectivity index (χ3n) is 4.15. The molecular formula is C16H22O4. The first-order chi connectivity index (χ1) is 9.34. The molecule has 0 aliphatic rings. The molecule has 0 heterocycles. The second-order valence-corrected chi connectivity index (χ2v) is 5.36. The molecule has 4 heteroatoms. The van der Waals surface area contributed by atoms with E-state index >= 15 is 0 Å². The number of carbonyl (C=O) groups is 2. The number of carboxylic acids is 2. The van der Waals surface area contributed by atoms with Crippen molar-refractivity contribution in [1.29, 1.82) is 0 Å². The number of benzene rings is 1. The minimum Gasteiger partial charge on any atom is -0.480 e. The molecule has 1 unspecified atom stereocenters. The van der Waals surface area contributed by atoms with Crippen molar-refractivity contribution in [3.05, 3.63) is 35.4 Å². The van der Waals surface area contributed by atoms with Crippen molar-refractivity contribution in [3.8, 4) is 0 Å². The van der Waals surface area contributed by atoms with E-state index in [1.807, 2.05) is 31.2 Å². The molecule has 1 rings (SSSR count). The van der Waals surface area contributed by atoms with Crippen LogP contribution in [0.1, 0.15) is 37.8 Å². The first-order valence-electron chi connectivity index (χ1n) is 6.87. The number of aryl methyl sites for hydroxylation is 2. The maximum atomic E-state index is 11.4. The molecule has 0 saturated heterocycles. The highest BCUT2D eigenvalue weighted by atomic mass is 16.4.